The topological polar surface area (TPSA) is 68.5 Å². The van der Waals surface area contributed by atoms with Crippen LogP contribution in [-0.4, -0.2) is 29.4 Å². The third kappa shape index (κ3) is 4.94. The number of nitrogens with two attached hydrogens (primary N) is 1. The van der Waals surface area contributed by atoms with Gasteiger partial charge in [0.2, 0.25) is 0 Å². The van der Waals surface area contributed by atoms with Crippen molar-refractivity contribution >= 4 is 18.3 Å². The van der Waals surface area contributed by atoms with Crippen LogP contribution in [-0.2, 0) is 13.1 Å². The lowest BCUT2D eigenvalue weighted by Crippen LogP contribution is -2.30. The van der Waals surface area contributed by atoms with Gasteiger partial charge in [0, 0.05) is 31.4 Å². The van der Waals surface area contributed by atoms with E-state index in [1.807, 2.05) is 31.2 Å². The minimum absolute atomic E-state index is 0. The number of aromatic nitrogens is 1. The number of ether oxygens (including phenoxy) is 1. The van der Waals surface area contributed by atoms with Crippen molar-refractivity contribution in [2.45, 2.75) is 20.0 Å². The fourth-order valence-electron chi connectivity index (χ4n) is 2.18. The van der Waals surface area contributed by atoms with Gasteiger partial charge >= 0.3 is 0 Å². The molecular formula is C17H22ClN3O2. The standard InChI is InChI=1S/C17H21N3O2.ClH/c1-3-20(12-13-4-6-16(22-2)7-5-13)17(21)14-8-9-19-15(10-14)11-18;/h4-10H,3,11-12,18H2,1-2H3;1H. The molecule has 0 bridgehead atoms. The molecule has 0 atom stereocenters. The van der Waals surface area contributed by atoms with Crippen molar-refractivity contribution in [3.63, 3.8) is 0 Å². The van der Waals surface area contributed by atoms with E-state index in [-0.39, 0.29) is 18.3 Å². The van der Waals surface area contributed by atoms with Gasteiger partial charge in [-0.05, 0) is 36.8 Å². The zero-order valence-corrected chi connectivity index (χ0v) is 14.2. The highest BCUT2D eigenvalue weighted by molar-refractivity contribution is 5.94. The number of amides is 1. The maximum atomic E-state index is 12.6. The number of rotatable bonds is 6. The van der Waals surface area contributed by atoms with Crippen LogP contribution in [0.1, 0.15) is 28.5 Å². The van der Waals surface area contributed by atoms with E-state index in [4.69, 9.17) is 10.5 Å². The Kier molecular flexibility index (Phi) is 7.51. The quantitative estimate of drug-likeness (QED) is 0.881. The molecule has 1 aromatic heterocycles. The van der Waals surface area contributed by atoms with Crippen molar-refractivity contribution in [3.8, 4) is 5.75 Å². The Morgan fingerprint density at radius 1 is 1.26 bits per heavy atom. The number of benzene rings is 1. The average molecular weight is 336 g/mol. The zero-order chi connectivity index (χ0) is 15.9. The summed E-state index contributed by atoms with van der Waals surface area (Å²) in [5, 5.41) is 0. The SMILES string of the molecule is CCN(Cc1ccc(OC)cc1)C(=O)c1ccnc(CN)c1.Cl. The molecule has 0 saturated carbocycles. The molecule has 0 radical (unpaired) electrons. The highest BCUT2D eigenvalue weighted by Crippen LogP contribution is 2.15. The van der Waals surface area contributed by atoms with Crippen molar-refractivity contribution in [1.29, 1.82) is 0 Å². The lowest BCUT2D eigenvalue weighted by atomic mass is 10.1. The summed E-state index contributed by atoms with van der Waals surface area (Å²) in [5.74, 6) is 0.787. The van der Waals surface area contributed by atoms with Crippen molar-refractivity contribution in [3.05, 3.63) is 59.4 Å². The van der Waals surface area contributed by atoms with E-state index in [1.165, 1.54) is 0 Å². The molecule has 1 aromatic carbocycles. The highest BCUT2D eigenvalue weighted by Gasteiger charge is 2.15. The van der Waals surface area contributed by atoms with Gasteiger partial charge in [-0.15, -0.1) is 12.4 Å². The second-order valence-corrected chi connectivity index (χ2v) is 4.91. The summed E-state index contributed by atoms with van der Waals surface area (Å²) < 4.78 is 5.14. The molecule has 23 heavy (non-hydrogen) atoms. The van der Waals surface area contributed by atoms with E-state index >= 15 is 0 Å². The number of nitrogens with zero attached hydrogens (tertiary/aromatic N) is 2. The van der Waals surface area contributed by atoms with E-state index in [2.05, 4.69) is 4.98 Å². The van der Waals surface area contributed by atoms with Crippen molar-refractivity contribution < 1.29 is 9.53 Å². The van der Waals surface area contributed by atoms with Crippen LogP contribution in [0.2, 0.25) is 0 Å². The molecule has 0 saturated heterocycles. The number of hydrogen-bond donors (Lipinski definition) is 1. The molecule has 2 rings (SSSR count). The Morgan fingerprint density at radius 2 is 1.96 bits per heavy atom. The van der Waals surface area contributed by atoms with Gasteiger partial charge < -0.3 is 15.4 Å². The molecule has 0 aliphatic rings. The summed E-state index contributed by atoms with van der Waals surface area (Å²) in [4.78, 5) is 18.5. The highest BCUT2D eigenvalue weighted by atomic mass is 35.5. The fourth-order valence-corrected chi connectivity index (χ4v) is 2.18. The van der Waals surface area contributed by atoms with Gasteiger partial charge in [-0.1, -0.05) is 12.1 Å². The van der Waals surface area contributed by atoms with Crippen LogP contribution in [0, 0.1) is 0 Å². The van der Waals surface area contributed by atoms with Crippen LogP contribution in [0.5, 0.6) is 5.75 Å². The molecule has 5 nitrogen and oxygen atoms in total. The number of carbonyl (C=O) groups excluding carboxylic acids is 1. The number of pyridine rings is 1. The molecule has 0 unspecified atom stereocenters. The van der Waals surface area contributed by atoms with Gasteiger partial charge in [0.15, 0.2) is 0 Å². The Hall–Kier alpha value is -2.11. The van der Waals surface area contributed by atoms with Gasteiger partial charge in [0.25, 0.3) is 5.91 Å². The first kappa shape index (κ1) is 18.9. The van der Waals surface area contributed by atoms with Crippen LogP contribution < -0.4 is 10.5 Å². The van der Waals surface area contributed by atoms with Crippen LogP contribution >= 0.6 is 12.4 Å². The third-order valence-electron chi connectivity index (χ3n) is 3.47. The predicted molar refractivity (Wildman–Crippen MR) is 92.8 cm³/mol. The van der Waals surface area contributed by atoms with Crippen LogP contribution in [0.15, 0.2) is 42.6 Å². The summed E-state index contributed by atoms with van der Waals surface area (Å²) in [6, 6.07) is 11.2. The smallest absolute Gasteiger partial charge is 0.254 e. The number of methoxy groups -OCH3 is 1. The third-order valence-corrected chi connectivity index (χ3v) is 3.47. The van der Waals surface area contributed by atoms with Crippen molar-refractivity contribution in [1.82, 2.24) is 9.88 Å². The summed E-state index contributed by atoms with van der Waals surface area (Å²) >= 11 is 0. The van der Waals surface area contributed by atoms with Crippen LogP contribution in [0.4, 0.5) is 0 Å². The van der Waals surface area contributed by atoms with Crippen molar-refractivity contribution in [2.24, 2.45) is 5.73 Å². The number of halogens is 1. The van der Waals surface area contributed by atoms with Gasteiger partial charge in [-0.2, -0.15) is 0 Å². The molecular weight excluding hydrogens is 314 g/mol. The zero-order valence-electron chi connectivity index (χ0n) is 13.4. The lowest BCUT2D eigenvalue weighted by Gasteiger charge is -2.21. The second kappa shape index (κ2) is 9.12. The van der Waals surface area contributed by atoms with Crippen molar-refractivity contribution in [2.75, 3.05) is 13.7 Å². The minimum atomic E-state index is -0.0181. The average Bonchev–Trinajstić information content (AvgIpc) is 2.59. The Morgan fingerprint density at radius 3 is 2.52 bits per heavy atom. The van der Waals surface area contributed by atoms with Gasteiger partial charge in [-0.3, -0.25) is 9.78 Å². The molecule has 124 valence electrons. The van der Waals surface area contributed by atoms with Crippen LogP contribution in [0.3, 0.4) is 0 Å². The monoisotopic (exact) mass is 335 g/mol. The molecule has 2 N–H and O–H groups in total. The maximum Gasteiger partial charge on any atom is 0.254 e. The summed E-state index contributed by atoms with van der Waals surface area (Å²) in [7, 11) is 1.63. The first-order valence-corrected chi connectivity index (χ1v) is 7.25. The van der Waals surface area contributed by atoms with E-state index in [0.717, 1.165) is 11.3 Å². The fraction of sp³-hybridized carbons (Fsp3) is 0.294. The normalized spacial score (nSPS) is 9.87. The summed E-state index contributed by atoms with van der Waals surface area (Å²) in [5.41, 5.74) is 7.97. The van der Waals surface area contributed by atoms with E-state index in [0.29, 0.717) is 30.9 Å². The first-order valence-electron chi connectivity index (χ1n) is 7.25. The summed E-state index contributed by atoms with van der Waals surface area (Å²) in [6.45, 7) is 3.48. The molecule has 1 heterocycles. The summed E-state index contributed by atoms with van der Waals surface area (Å²) in [6.07, 6.45) is 1.62. The van der Waals surface area contributed by atoms with Gasteiger partial charge in [-0.25, -0.2) is 0 Å². The predicted octanol–water partition coefficient (Wildman–Crippen LogP) is 2.63. The first-order chi connectivity index (χ1) is 10.7. The Bertz CT molecular complexity index is 632. The molecule has 6 heteroatoms. The Balaban J connectivity index is 0.00000264. The molecule has 1 amide bonds. The van der Waals surface area contributed by atoms with Gasteiger partial charge in [0.1, 0.15) is 5.75 Å². The molecule has 0 fully saturated rings. The second-order valence-electron chi connectivity index (χ2n) is 4.91. The number of hydrogen-bond acceptors (Lipinski definition) is 4. The van der Waals surface area contributed by atoms with Crippen LogP contribution in [0.25, 0.3) is 0 Å². The van der Waals surface area contributed by atoms with E-state index in [9.17, 15) is 4.79 Å². The maximum absolute atomic E-state index is 12.6. The molecule has 0 aliphatic heterocycles. The Labute approximate surface area is 142 Å². The van der Waals surface area contributed by atoms with E-state index < -0.39 is 0 Å². The molecule has 0 aliphatic carbocycles. The molecule has 0 spiro atoms. The van der Waals surface area contributed by atoms with Gasteiger partial charge in [0.05, 0.1) is 12.8 Å². The van der Waals surface area contributed by atoms with E-state index in [1.54, 1.807) is 30.3 Å². The molecule has 2 aromatic rings. The lowest BCUT2D eigenvalue weighted by molar-refractivity contribution is 0.0752. The minimum Gasteiger partial charge on any atom is -0.497 e. The number of carbonyl (C=O) groups is 1. The largest absolute Gasteiger partial charge is 0.497 e.